The van der Waals surface area contributed by atoms with E-state index < -0.39 is 0 Å². The van der Waals surface area contributed by atoms with Crippen LogP contribution in [0.4, 0.5) is 5.69 Å². The summed E-state index contributed by atoms with van der Waals surface area (Å²) in [5.74, 6) is 0. The Balaban J connectivity index is 2.79. The quantitative estimate of drug-likeness (QED) is 0.628. The van der Waals surface area contributed by atoms with Gasteiger partial charge in [-0.15, -0.1) is 0 Å². The number of nitrogens with two attached hydrogens (primary N) is 1. The van der Waals surface area contributed by atoms with Crippen molar-refractivity contribution in [1.29, 1.82) is 0 Å². The molecule has 0 aliphatic carbocycles. The molecule has 0 spiro atoms. The van der Waals surface area contributed by atoms with Crippen LogP contribution in [-0.2, 0) is 6.61 Å². The molecule has 0 bridgehead atoms. The van der Waals surface area contributed by atoms with E-state index >= 15 is 0 Å². The summed E-state index contributed by atoms with van der Waals surface area (Å²) in [4.78, 5) is 0. The van der Waals surface area contributed by atoms with E-state index in [0.717, 1.165) is 11.1 Å². The molecular weight excluding hydrogens is 178 g/mol. The van der Waals surface area contributed by atoms with Crippen molar-refractivity contribution in [2.24, 2.45) is 0 Å². The SMILES string of the molecule is Nc1ccc(C=CCCO)cc1CO. The van der Waals surface area contributed by atoms with Gasteiger partial charge in [0.05, 0.1) is 6.61 Å². The van der Waals surface area contributed by atoms with Gasteiger partial charge in [-0.2, -0.15) is 0 Å². The third kappa shape index (κ3) is 2.87. The van der Waals surface area contributed by atoms with E-state index in [4.69, 9.17) is 15.9 Å². The van der Waals surface area contributed by atoms with Crippen LogP contribution in [-0.4, -0.2) is 16.8 Å². The molecule has 0 fully saturated rings. The number of benzene rings is 1. The Bertz CT molecular complexity index is 321. The van der Waals surface area contributed by atoms with Crippen LogP contribution >= 0.6 is 0 Å². The van der Waals surface area contributed by atoms with Crippen molar-refractivity contribution in [3.05, 3.63) is 35.4 Å². The van der Waals surface area contributed by atoms with Gasteiger partial charge in [0.2, 0.25) is 0 Å². The average Bonchev–Trinajstić information content (AvgIpc) is 2.21. The highest BCUT2D eigenvalue weighted by Gasteiger charge is 1.97. The lowest BCUT2D eigenvalue weighted by Crippen LogP contribution is -1.94. The minimum atomic E-state index is -0.0481. The summed E-state index contributed by atoms with van der Waals surface area (Å²) in [7, 11) is 0. The minimum absolute atomic E-state index is 0.0481. The third-order valence-electron chi connectivity index (χ3n) is 1.94. The number of anilines is 1. The molecule has 3 heteroatoms. The second kappa shape index (κ2) is 5.42. The molecule has 0 aliphatic heterocycles. The second-order valence-corrected chi connectivity index (χ2v) is 3.03. The summed E-state index contributed by atoms with van der Waals surface area (Å²) in [5, 5.41) is 17.5. The van der Waals surface area contributed by atoms with Crippen LogP contribution in [0.15, 0.2) is 24.3 Å². The highest BCUT2D eigenvalue weighted by atomic mass is 16.3. The molecule has 76 valence electrons. The molecule has 14 heavy (non-hydrogen) atoms. The summed E-state index contributed by atoms with van der Waals surface area (Å²) < 4.78 is 0. The zero-order valence-electron chi connectivity index (χ0n) is 7.98. The minimum Gasteiger partial charge on any atom is -0.398 e. The van der Waals surface area contributed by atoms with Crippen molar-refractivity contribution in [2.75, 3.05) is 12.3 Å². The number of aliphatic hydroxyl groups excluding tert-OH is 2. The molecule has 0 saturated carbocycles. The topological polar surface area (TPSA) is 66.5 Å². The highest BCUT2D eigenvalue weighted by Crippen LogP contribution is 2.15. The van der Waals surface area contributed by atoms with E-state index in [9.17, 15) is 0 Å². The number of hydrogen-bond acceptors (Lipinski definition) is 3. The molecule has 4 N–H and O–H groups in total. The molecule has 0 unspecified atom stereocenters. The van der Waals surface area contributed by atoms with Crippen LogP contribution in [0, 0.1) is 0 Å². The Morgan fingerprint density at radius 3 is 2.71 bits per heavy atom. The fraction of sp³-hybridized carbons (Fsp3) is 0.273. The lowest BCUT2D eigenvalue weighted by molar-refractivity contribution is 0.282. The van der Waals surface area contributed by atoms with Crippen molar-refractivity contribution in [2.45, 2.75) is 13.0 Å². The van der Waals surface area contributed by atoms with Crippen molar-refractivity contribution in [3.63, 3.8) is 0 Å². The maximum Gasteiger partial charge on any atom is 0.0702 e. The highest BCUT2D eigenvalue weighted by molar-refractivity contribution is 5.57. The normalized spacial score (nSPS) is 11.0. The van der Waals surface area contributed by atoms with E-state index in [-0.39, 0.29) is 13.2 Å². The van der Waals surface area contributed by atoms with Gasteiger partial charge in [-0.25, -0.2) is 0 Å². The average molecular weight is 193 g/mol. The third-order valence-corrected chi connectivity index (χ3v) is 1.94. The first-order valence-corrected chi connectivity index (χ1v) is 4.54. The zero-order chi connectivity index (χ0) is 10.4. The summed E-state index contributed by atoms with van der Waals surface area (Å²) in [6, 6.07) is 5.48. The van der Waals surface area contributed by atoms with Crippen molar-refractivity contribution >= 4 is 11.8 Å². The second-order valence-electron chi connectivity index (χ2n) is 3.03. The Morgan fingerprint density at radius 1 is 1.29 bits per heavy atom. The zero-order valence-corrected chi connectivity index (χ0v) is 7.98. The molecule has 0 heterocycles. The van der Waals surface area contributed by atoms with E-state index in [0.29, 0.717) is 12.1 Å². The predicted molar refractivity (Wildman–Crippen MR) is 57.5 cm³/mol. The first-order valence-electron chi connectivity index (χ1n) is 4.54. The van der Waals surface area contributed by atoms with Crippen LogP contribution in [0.1, 0.15) is 17.5 Å². The Hall–Kier alpha value is -1.32. The lowest BCUT2D eigenvalue weighted by atomic mass is 10.1. The van der Waals surface area contributed by atoms with Gasteiger partial charge in [0, 0.05) is 17.9 Å². The van der Waals surface area contributed by atoms with Crippen LogP contribution < -0.4 is 5.73 Å². The van der Waals surface area contributed by atoms with Gasteiger partial charge in [-0.05, 0) is 24.1 Å². The monoisotopic (exact) mass is 193 g/mol. The predicted octanol–water partition coefficient (Wildman–Crippen LogP) is 1.16. The van der Waals surface area contributed by atoms with Gasteiger partial charge >= 0.3 is 0 Å². The van der Waals surface area contributed by atoms with Crippen molar-refractivity contribution in [1.82, 2.24) is 0 Å². The molecule has 0 radical (unpaired) electrons. The standard InChI is InChI=1S/C11H15NO2/c12-11-5-4-9(3-1-2-6-13)7-10(11)8-14/h1,3-5,7,13-14H,2,6,8,12H2. The number of rotatable bonds is 4. The molecule has 0 aromatic heterocycles. The van der Waals surface area contributed by atoms with Gasteiger partial charge < -0.3 is 15.9 Å². The van der Waals surface area contributed by atoms with Gasteiger partial charge in [0.15, 0.2) is 0 Å². The fourth-order valence-electron chi connectivity index (χ4n) is 1.16. The summed E-state index contributed by atoms with van der Waals surface area (Å²) >= 11 is 0. The number of nitrogen functional groups attached to an aromatic ring is 1. The summed E-state index contributed by atoms with van der Waals surface area (Å²) in [6.07, 6.45) is 4.42. The number of hydrogen-bond donors (Lipinski definition) is 3. The van der Waals surface area contributed by atoms with Crippen LogP contribution in [0.5, 0.6) is 0 Å². The summed E-state index contributed by atoms with van der Waals surface area (Å²) in [5.41, 5.74) is 7.95. The van der Waals surface area contributed by atoms with Gasteiger partial charge in [-0.3, -0.25) is 0 Å². The van der Waals surface area contributed by atoms with Crippen molar-refractivity contribution < 1.29 is 10.2 Å². The van der Waals surface area contributed by atoms with E-state index in [2.05, 4.69) is 0 Å². The molecule has 0 aliphatic rings. The smallest absolute Gasteiger partial charge is 0.0702 e. The van der Waals surface area contributed by atoms with Crippen molar-refractivity contribution in [3.8, 4) is 0 Å². The summed E-state index contributed by atoms with van der Waals surface area (Å²) in [6.45, 7) is 0.103. The molecular formula is C11H15NO2. The first-order chi connectivity index (χ1) is 6.77. The fourth-order valence-corrected chi connectivity index (χ4v) is 1.16. The molecule has 1 rings (SSSR count). The lowest BCUT2D eigenvalue weighted by Gasteiger charge is -2.02. The molecule has 1 aromatic rings. The van der Waals surface area contributed by atoms with Crippen LogP contribution in [0.2, 0.25) is 0 Å². The molecule has 1 aromatic carbocycles. The largest absolute Gasteiger partial charge is 0.398 e. The van der Waals surface area contributed by atoms with Gasteiger partial charge in [0.1, 0.15) is 0 Å². The Morgan fingerprint density at radius 2 is 2.07 bits per heavy atom. The van der Waals surface area contributed by atoms with E-state index in [1.54, 1.807) is 6.07 Å². The first kappa shape index (κ1) is 10.8. The maximum absolute atomic E-state index is 8.97. The molecule has 0 atom stereocenters. The van der Waals surface area contributed by atoms with Crippen LogP contribution in [0.25, 0.3) is 6.08 Å². The molecule has 0 saturated heterocycles. The van der Waals surface area contributed by atoms with Crippen LogP contribution in [0.3, 0.4) is 0 Å². The molecule has 3 nitrogen and oxygen atoms in total. The molecule has 0 amide bonds. The van der Waals surface area contributed by atoms with Gasteiger partial charge in [0.25, 0.3) is 0 Å². The van der Waals surface area contributed by atoms with E-state index in [1.807, 2.05) is 24.3 Å². The Kier molecular flexibility index (Phi) is 4.16. The Labute approximate surface area is 83.5 Å². The number of aliphatic hydroxyl groups is 2. The van der Waals surface area contributed by atoms with E-state index in [1.165, 1.54) is 0 Å². The van der Waals surface area contributed by atoms with Gasteiger partial charge in [-0.1, -0.05) is 18.2 Å². The maximum atomic E-state index is 8.97.